The van der Waals surface area contributed by atoms with Gasteiger partial charge < -0.3 is 0 Å². The molecule has 0 bridgehead atoms. The molecule has 1 aromatic heterocycles. The van der Waals surface area contributed by atoms with E-state index in [2.05, 4.69) is 44.0 Å². The van der Waals surface area contributed by atoms with Gasteiger partial charge in [-0.3, -0.25) is 4.98 Å². The number of pyridine rings is 1. The lowest BCUT2D eigenvalue weighted by atomic mass is 9.98. The first-order valence-electron chi connectivity index (χ1n) is 8.60. The Morgan fingerprint density at radius 3 is 2.14 bits per heavy atom. The molecular weight excluding hydrogens is 254 g/mol. The molecule has 1 aliphatic rings. The first kappa shape index (κ1) is 17.7. The minimum Gasteiger partial charge on any atom is -0.258 e. The molecule has 0 radical (unpaired) electrons. The molecule has 0 N–H and O–H groups in total. The lowest BCUT2D eigenvalue weighted by Gasteiger charge is -2.10. The van der Waals surface area contributed by atoms with Crippen LogP contribution in [-0.2, 0) is 6.42 Å². The number of aryl methyl sites for hydroxylation is 3. The molecule has 21 heavy (non-hydrogen) atoms. The highest BCUT2D eigenvalue weighted by atomic mass is 14.7. The summed E-state index contributed by atoms with van der Waals surface area (Å²) in [5.74, 6) is 0.831. The maximum Gasteiger partial charge on any atom is 0.0454 e. The lowest BCUT2D eigenvalue weighted by molar-refractivity contribution is 1.02. The normalized spacial score (nSPS) is 13.1. The van der Waals surface area contributed by atoms with E-state index < -0.39 is 0 Å². The van der Waals surface area contributed by atoms with Gasteiger partial charge in [-0.15, -0.1) is 0 Å². The first-order chi connectivity index (χ1) is 10.2. The molecule has 1 heteroatoms. The van der Waals surface area contributed by atoms with E-state index in [4.69, 9.17) is 0 Å². The second-order valence-electron chi connectivity index (χ2n) is 5.26. The molecule has 0 atom stereocenters. The maximum atomic E-state index is 4.65. The zero-order chi connectivity index (χ0) is 16.0. The molecule has 2 aromatic rings. The highest BCUT2D eigenvalue weighted by Crippen LogP contribution is 2.42. The van der Waals surface area contributed by atoms with Crippen molar-refractivity contribution in [2.45, 2.75) is 73.6 Å². The molecule has 3 rings (SSSR count). The van der Waals surface area contributed by atoms with E-state index in [0.29, 0.717) is 0 Å². The molecule has 1 heterocycles. The summed E-state index contributed by atoms with van der Waals surface area (Å²) in [4.78, 5) is 4.65. The number of hydrogen-bond donors (Lipinski definition) is 0. The molecule has 0 unspecified atom stereocenters. The zero-order valence-corrected chi connectivity index (χ0v) is 14.9. The van der Waals surface area contributed by atoms with Crippen molar-refractivity contribution >= 4 is 10.8 Å². The monoisotopic (exact) mass is 285 g/mol. The molecule has 0 spiro atoms. The summed E-state index contributed by atoms with van der Waals surface area (Å²) >= 11 is 0. The van der Waals surface area contributed by atoms with Crippen molar-refractivity contribution in [2.75, 3.05) is 0 Å². The average Bonchev–Trinajstić information content (AvgIpc) is 3.36. The van der Waals surface area contributed by atoms with Crippen LogP contribution >= 0.6 is 0 Å². The number of hydrogen-bond acceptors (Lipinski definition) is 1. The fourth-order valence-electron chi connectivity index (χ4n) is 2.68. The Bertz CT molecular complexity index is 580. The van der Waals surface area contributed by atoms with E-state index in [9.17, 15) is 0 Å². The Morgan fingerprint density at radius 1 is 1.00 bits per heavy atom. The minimum absolute atomic E-state index is 0.831. The van der Waals surface area contributed by atoms with Gasteiger partial charge in [0, 0.05) is 16.8 Å². The van der Waals surface area contributed by atoms with Gasteiger partial charge in [0.2, 0.25) is 0 Å². The Morgan fingerprint density at radius 2 is 1.62 bits per heavy atom. The van der Waals surface area contributed by atoms with E-state index in [1.165, 1.54) is 40.6 Å². The van der Waals surface area contributed by atoms with Crippen LogP contribution in [-0.4, -0.2) is 4.98 Å². The van der Waals surface area contributed by atoms with Crippen LogP contribution in [0.2, 0.25) is 0 Å². The number of rotatable bonds is 2. The highest BCUT2D eigenvalue weighted by Gasteiger charge is 2.25. The first-order valence-corrected chi connectivity index (χ1v) is 8.60. The van der Waals surface area contributed by atoms with Crippen LogP contribution in [0.15, 0.2) is 18.2 Å². The zero-order valence-electron chi connectivity index (χ0n) is 14.9. The van der Waals surface area contributed by atoms with Crippen molar-refractivity contribution in [1.82, 2.24) is 4.98 Å². The SMILES string of the molecule is CC.CC.CCc1cc2cc(C3CC3)c(C)cc2c(C)n1. The van der Waals surface area contributed by atoms with E-state index in [0.717, 1.165) is 12.3 Å². The quantitative estimate of drug-likeness (QED) is 0.627. The predicted molar refractivity (Wildman–Crippen MR) is 95.3 cm³/mol. The molecule has 1 fully saturated rings. The maximum absolute atomic E-state index is 4.65. The van der Waals surface area contributed by atoms with Crippen LogP contribution in [0.25, 0.3) is 10.8 Å². The standard InChI is InChI=1S/C16H19N.2C2H6/c1-4-14-8-13-9-15(12-5-6-12)10(2)7-16(13)11(3)17-14;2*1-2/h7-9,12H,4-6H2,1-3H3;2*1-2H3. The summed E-state index contributed by atoms with van der Waals surface area (Å²) in [6.45, 7) is 14.5. The highest BCUT2D eigenvalue weighted by molar-refractivity contribution is 5.86. The van der Waals surface area contributed by atoms with Crippen LogP contribution in [0.3, 0.4) is 0 Å². The van der Waals surface area contributed by atoms with E-state index in [1.54, 1.807) is 5.56 Å². The van der Waals surface area contributed by atoms with Crippen LogP contribution in [0.4, 0.5) is 0 Å². The van der Waals surface area contributed by atoms with E-state index in [1.807, 2.05) is 27.7 Å². The fourth-order valence-corrected chi connectivity index (χ4v) is 2.68. The van der Waals surface area contributed by atoms with Crippen LogP contribution < -0.4 is 0 Å². The van der Waals surface area contributed by atoms with Gasteiger partial charge in [0.1, 0.15) is 0 Å². The van der Waals surface area contributed by atoms with Crippen LogP contribution in [0.1, 0.15) is 75.9 Å². The Labute approximate surface area is 130 Å². The van der Waals surface area contributed by atoms with Crippen LogP contribution in [0, 0.1) is 13.8 Å². The Kier molecular flexibility index (Phi) is 6.87. The molecule has 1 nitrogen and oxygen atoms in total. The molecule has 116 valence electrons. The summed E-state index contributed by atoms with van der Waals surface area (Å²) in [7, 11) is 0. The van der Waals surface area contributed by atoms with Crippen molar-refractivity contribution in [3.63, 3.8) is 0 Å². The van der Waals surface area contributed by atoms with Gasteiger partial charge in [-0.05, 0) is 67.7 Å². The van der Waals surface area contributed by atoms with Gasteiger partial charge in [0.05, 0.1) is 0 Å². The molecule has 0 aliphatic heterocycles. The molecule has 1 aliphatic carbocycles. The summed E-state index contributed by atoms with van der Waals surface area (Å²) in [5, 5.41) is 2.70. The summed E-state index contributed by atoms with van der Waals surface area (Å²) in [6.07, 6.45) is 3.76. The smallest absolute Gasteiger partial charge is 0.0454 e. The Balaban J connectivity index is 0.000000510. The third kappa shape index (κ3) is 4.06. The van der Waals surface area contributed by atoms with E-state index in [-0.39, 0.29) is 0 Å². The van der Waals surface area contributed by atoms with Crippen molar-refractivity contribution < 1.29 is 0 Å². The van der Waals surface area contributed by atoms with Crippen molar-refractivity contribution in [3.8, 4) is 0 Å². The van der Waals surface area contributed by atoms with Crippen molar-refractivity contribution in [3.05, 3.63) is 40.7 Å². The van der Waals surface area contributed by atoms with Gasteiger partial charge in [-0.25, -0.2) is 0 Å². The molecular formula is C20H31N. The number of fused-ring (bicyclic) bond motifs is 1. The van der Waals surface area contributed by atoms with Gasteiger partial charge in [-0.2, -0.15) is 0 Å². The third-order valence-electron chi connectivity index (χ3n) is 3.84. The van der Waals surface area contributed by atoms with Gasteiger partial charge >= 0.3 is 0 Å². The fraction of sp³-hybridized carbons (Fsp3) is 0.550. The van der Waals surface area contributed by atoms with Gasteiger partial charge in [-0.1, -0.05) is 40.7 Å². The van der Waals surface area contributed by atoms with Crippen LogP contribution in [0.5, 0.6) is 0 Å². The summed E-state index contributed by atoms with van der Waals surface area (Å²) in [5.41, 5.74) is 5.38. The van der Waals surface area contributed by atoms with Gasteiger partial charge in [0.15, 0.2) is 0 Å². The minimum atomic E-state index is 0.831. The second kappa shape index (κ2) is 8.17. The van der Waals surface area contributed by atoms with Crippen molar-refractivity contribution in [1.29, 1.82) is 0 Å². The topological polar surface area (TPSA) is 12.9 Å². The number of aromatic nitrogens is 1. The molecule has 1 saturated carbocycles. The molecule has 0 amide bonds. The Hall–Kier alpha value is -1.37. The second-order valence-corrected chi connectivity index (χ2v) is 5.26. The summed E-state index contributed by atoms with van der Waals surface area (Å²) < 4.78 is 0. The predicted octanol–water partition coefficient (Wildman–Crippen LogP) is 6.34. The van der Waals surface area contributed by atoms with Crippen molar-refractivity contribution in [2.24, 2.45) is 0 Å². The summed E-state index contributed by atoms with van der Waals surface area (Å²) in [6, 6.07) is 6.98. The average molecular weight is 285 g/mol. The number of benzene rings is 1. The molecule has 0 saturated heterocycles. The van der Waals surface area contributed by atoms with Gasteiger partial charge in [0.25, 0.3) is 0 Å². The molecule has 1 aromatic carbocycles. The largest absolute Gasteiger partial charge is 0.258 e. The number of nitrogens with zero attached hydrogens (tertiary/aromatic N) is 1. The third-order valence-corrected chi connectivity index (χ3v) is 3.84. The lowest BCUT2D eigenvalue weighted by Crippen LogP contribution is -1.94. The van der Waals surface area contributed by atoms with E-state index >= 15 is 0 Å².